The van der Waals surface area contributed by atoms with E-state index >= 15 is 0 Å². The highest BCUT2D eigenvalue weighted by Gasteiger charge is 2.29. The quantitative estimate of drug-likeness (QED) is 0.881. The molecule has 1 aromatic rings. The van der Waals surface area contributed by atoms with Gasteiger partial charge in [-0.3, -0.25) is 0 Å². The summed E-state index contributed by atoms with van der Waals surface area (Å²) in [7, 11) is 0. The average molecular weight is 318 g/mol. The lowest BCUT2D eigenvalue weighted by atomic mass is 10.2. The van der Waals surface area contributed by atoms with Gasteiger partial charge in [0.2, 0.25) is 0 Å². The number of nitrogens with one attached hydrogen (secondary N) is 2. The summed E-state index contributed by atoms with van der Waals surface area (Å²) in [6, 6.07) is 4.57. The Hall–Kier alpha value is -1.92. The van der Waals surface area contributed by atoms with Crippen LogP contribution in [0.3, 0.4) is 0 Å². The van der Waals surface area contributed by atoms with Crippen LogP contribution in [0.25, 0.3) is 0 Å². The van der Waals surface area contributed by atoms with Crippen LogP contribution in [0.4, 0.5) is 23.7 Å². The van der Waals surface area contributed by atoms with Gasteiger partial charge in [0.25, 0.3) is 0 Å². The van der Waals surface area contributed by atoms with Gasteiger partial charge in [-0.1, -0.05) is 0 Å². The van der Waals surface area contributed by atoms with E-state index in [0.29, 0.717) is 5.69 Å². The lowest BCUT2D eigenvalue weighted by molar-refractivity contribution is -0.137. The third kappa shape index (κ3) is 6.69. The van der Waals surface area contributed by atoms with Gasteiger partial charge in [0.1, 0.15) is 5.60 Å². The minimum absolute atomic E-state index is 0.163. The zero-order valence-electron chi connectivity index (χ0n) is 13.0. The van der Waals surface area contributed by atoms with Gasteiger partial charge < -0.3 is 15.4 Å². The second-order valence-corrected chi connectivity index (χ2v) is 6.00. The fourth-order valence-electron chi connectivity index (χ4n) is 1.64. The van der Waals surface area contributed by atoms with E-state index in [1.165, 1.54) is 12.1 Å². The number of hydrogen-bond donors (Lipinski definition) is 2. The molecule has 0 aliphatic heterocycles. The molecule has 0 aliphatic carbocycles. The van der Waals surface area contributed by atoms with E-state index in [1.54, 1.807) is 27.7 Å². The smallest absolute Gasteiger partial charge is 0.416 e. The summed E-state index contributed by atoms with van der Waals surface area (Å²) < 4.78 is 42.4. The number of hydrogen-bond acceptors (Lipinski definition) is 3. The first-order chi connectivity index (χ1) is 9.97. The predicted molar refractivity (Wildman–Crippen MR) is 78.8 cm³/mol. The first-order valence-electron chi connectivity index (χ1n) is 6.88. The maximum Gasteiger partial charge on any atom is 0.416 e. The molecule has 0 radical (unpaired) electrons. The van der Waals surface area contributed by atoms with Crippen molar-refractivity contribution in [2.24, 2.45) is 0 Å². The third-order valence-corrected chi connectivity index (χ3v) is 2.58. The van der Waals surface area contributed by atoms with Gasteiger partial charge in [0, 0.05) is 18.3 Å². The topological polar surface area (TPSA) is 50.4 Å². The van der Waals surface area contributed by atoms with E-state index in [-0.39, 0.29) is 12.6 Å². The molecule has 0 saturated carbocycles. The Balaban J connectivity index is 2.45. The number of ether oxygens (including phenoxy) is 1. The number of amides is 1. The van der Waals surface area contributed by atoms with Crippen molar-refractivity contribution in [2.45, 2.75) is 45.5 Å². The van der Waals surface area contributed by atoms with Crippen molar-refractivity contribution in [2.75, 3.05) is 11.9 Å². The number of rotatable bonds is 4. The van der Waals surface area contributed by atoms with Crippen LogP contribution in [0.2, 0.25) is 0 Å². The normalized spacial score (nSPS) is 13.4. The number of anilines is 1. The zero-order chi connectivity index (χ0) is 17.0. The molecule has 1 aromatic carbocycles. The lowest BCUT2D eigenvalue weighted by Gasteiger charge is -2.21. The molecular weight excluding hydrogens is 297 g/mol. The zero-order valence-corrected chi connectivity index (χ0v) is 13.0. The molecule has 0 fully saturated rings. The number of carbonyl (C=O) groups excluding carboxylic acids is 1. The molecule has 0 bridgehead atoms. The van der Waals surface area contributed by atoms with Crippen LogP contribution in [0.5, 0.6) is 0 Å². The summed E-state index contributed by atoms with van der Waals surface area (Å²) in [5.74, 6) is 0. The lowest BCUT2D eigenvalue weighted by Crippen LogP contribution is -2.38. The molecule has 2 N–H and O–H groups in total. The Morgan fingerprint density at radius 1 is 1.18 bits per heavy atom. The minimum Gasteiger partial charge on any atom is -0.444 e. The van der Waals surface area contributed by atoms with Crippen molar-refractivity contribution in [1.82, 2.24) is 5.32 Å². The Morgan fingerprint density at radius 2 is 1.73 bits per heavy atom. The van der Waals surface area contributed by atoms with Gasteiger partial charge in [-0.15, -0.1) is 0 Å². The van der Waals surface area contributed by atoms with E-state index in [4.69, 9.17) is 4.74 Å². The fraction of sp³-hybridized carbons (Fsp3) is 0.533. The molecule has 0 spiro atoms. The first-order valence-corrected chi connectivity index (χ1v) is 6.88. The Morgan fingerprint density at radius 3 is 2.18 bits per heavy atom. The van der Waals surface area contributed by atoms with Crippen LogP contribution >= 0.6 is 0 Å². The van der Waals surface area contributed by atoms with E-state index in [9.17, 15) is 18.0 Å². The van der Waals surface area contributed by atoms with Gasteiger partial charge >= 0.3 is 12.3 Å². The molecule has 7 heteroatoms. The number of alkyl halides is 3. The minimum atomic E-state index is -4.34. The van der Waals surface area contributed by atoms with E-state index in [1.807, 2.05) is 0 Å². The summed E-state index contributed by atoms with van der Waals surface area (Å²) in [5.41, 5.74) is -0.724. The molecule has 124 valence electrons. The number of halogens is 3. The van der Waals surface area contributed by atoms with Crippen molar-refractivity contribution in [3.8, 4) is 0 Å². The predicted octanol–water partition coefficient (Wildman–Crippen LogP) is 4.03. The summed E-state index contributed by atoms with van der Waals surface area (Å²) in [6.45, 7) is 7.37. The van der Waals surface area contributed by atoms with Crippen molar-refractivity contribution in [1.29, 1.82) is 0 Å². The Labute approximate surface area is 128 Å². The van der Waals surface area contributed by atoms with E-state index < -0.39 is 23.4 Å². The molecule has 0 aromatic heterocycles. The molecule has 1 atom stereocenters. The molecule has 0 aliphatic rings. The summed E-state index contributed by atoms with van der Waals surface area (Å²) >= 11 is 0. The average Bonchev–Trinajstić information content (AvgIpc) is 2.34. The first kappa shape index (κ1) is 18.1. The number of alkyl carbamates (subject to hydrolysis) is 1. The molecule has 4 nitrogen and oxygen atoms in total. The maximum atomic E-state index is 12.4. The van der Waals surface area contributed by atoms with Gasteiger partial charge in [0.05, 0.1) is 5.56 Å². The second-order valence-electron chi connectivity index (χ2n) is 6.00. The van der Waals surface area contributed by atoms with Crippen LogP contribution < -0.4 is 10.6 Å². The molecule has 0 saturated heterocycles. The highest BCUT2D eigenvalue weighted by Crippen LogP contribution is 2.29. The van der Waals surface area contributed by atoms with Gasteiger partial charge in [-0.25, -0.2) is 4.79 Å². The third-order valence-electron chi connectivity index (χ3n) is 2.58. The van der Waals surface area contributed by atoms with Crippen molar-refractivity contribution in [3.63, 3.8) is 0 Å². The maximum absolute atomic E-state index is 12.4. The van der Waals surface area contributed by atoms with Gasteiger partial charge in [0.15, 0.2) is 0 Å². The van der Waals surface area contributed by atoms with Crippen LogP contribution in [0.15, 0.2) is 24.3 Å². The highest BCUT2D eigenvalue weighted by atomic mass is 19.4. The molecular formula is C15H21F3N2O2. The SMILES string of the molecule is CC(CNC(=O)OC(C)(C)C)Nc1ccc(C(F)(F)F)cc1. The van der Waals surface area contributed by atoms with Crippen LogP contribution in [0.1, 0.15) is 33.3 Å². The van der Waals surface area contributed by atoms with E-state index in [0.717, 1.165) is 12.1 Å². The van der Waals surface area contributed by atoms with Crippen molar-refractivity contribution < 1.29 is 22.7 Å². The molecule has 0 heterocycles. The highest BCUT2D eigenvalue weighted by molar-refractivity contribution is 5.67. The summed E-state index contributed by atoms with van der Waals surface area (Å²) in [4.78, 5) is 11.5. The van der Waals surface area contributed by atoms with E-state index in [2.05, 4.69) is 10.6 Å². The molecule has 1 amide bonds. The fourth-order valence-corrected chi connectivity index (χ4v) is 1.64. The second kappa shape index (κ2) is 6.89. The summed E-state index contributed by atoms with van der Waals surface area (Å²) in [6.07, 6.45) is -4.88. The van der Waals surface area contributed by atoms with Gasteiger partial charge in [-0.2, -0.15) is 13.2 Å². The van der Waals surface area contributed by atoms with Crippen molar-refractivity contribution in [3.05, 3.63) is 29.8 Å². The number of carbonyl (C=O) groups is 1. The number of benzene rings is 1. The van der Waals surface area contributed by atoms with Crippen LogP contribution in [-0.4, -0.2) is 24.3 Å². The van der Waals surface area contributed by atoms with Crippen molar-refractivity contribution >= 4 is 11.8 Å². The monoisotopic (exact) mass is 318 g/mol. The van der Waals surface area contributed by atoms with Gasteiger partial charge in [-0.05, 0) is 52.0 Å². The molecule has 1 unspecified atom stereocenters. The molecule has 1 rings (SSSR count). The largest absolute Gasteiger partial charge is 0.444 e. The Kier molecular flexibility index (Phi) is 5.68. The standard InChI is InChI=1S/C15H21F3N2O2/c1-10(9-19-13(21)22-14(2,3)4)20-12-7-5-11(6-8-12)15(16,17)18/h5-8,10,20H,9H2,1-4H3,(H,19,21). The van der Waals surface area contributed by atoms with Crippen LogP contribution in [0, 0.1) is 0 Å². The molecule has 22 heavy (non-hydrogen) atoms. The Bertz CT molecular complexity index is 493. The van der Waals surface area contributed by atoms with Crippen LogP contribution in [-0.2, 0) is 10.9 Å². The summed E-state index contributed by atoms with van der Waals surface area (Å²) in [5, 5.41) is 5.59.